The smallest absolute Gasteiger partial charge is 0.341 e. The first-order valence-electron chi connectivity index (χ1n) is 3.43. The summed E-state index contributed by atoms with van der Waals surface area (Å²) in [4.78, 5) is -0.608. The van der Waals surface area contributed by atoms with Crippen LogP contribution in [0.4, 0.5) is 14.5 Å². The van der Waals surface area contributed by atoms with Gasteiger partial charge in [-0.15, -0.1) is 0 Å². The summed E-state index contributed by atoms with van der Waals surface area (Å²) >= 11 is 5.47. The van der Waals surface area contributed by atoms with Crippen molar-refractivity contribution in [2.24, 2.45) is 0 Å². The Morgan fingerprint density at radius 2 is 1.93 bits per heavy atom. The number of nitrogens with two attached hydrogens (primary N) is 1. The molecule has 0 fully saturated rings. The van der Waals surface area contributed by atoms with Gasteiger partial charge in [0.25, 0.3) is 0 Å². The molecule has 7 heteroatoms. The van der Waals surface area contributed by atoms with E-state index in [1.807, 2.05) is 0 Å². The Hall–Kier alpha value is -0.880. The van der Waals surface area contributed by atoms with Crippen LogP contribution in [0.25, 0.3) is 0 Å². The molecule has 0 aliphatic rings. The molecular formula is C7H6ClF2NO2S. The van der Waals surface area contributed by atoms with Crippen LogP contribution in [0.15, 0.2) is 23.1 Å². The lowest BCUT2D eigenvalue weighted by atomic mass is 10.3. The average Bonchev–Trinajstić information content (AvgIpc) is 2.02. The Balaban J connectivity index is 3.35. The van der Waals surface area contributed by atoms with Crippen LogP contribution < -0.4 is 5.73 Å². The minimum atomic E-state index is -4.65. The van der Waals surface area contributed by atoms with Gasteiger partial charge in [0.2, 0.25) is 9.84 Å². The molecule has 0 aliphatic heterocycles. The van der Waals surface area contributed by atoms with Crippen molar-refractivity contribution in [3.05, 3.63) is 23.2 Å². The molecule has 0 aliphatic carbocycles. The van der Waals surface area contributed by atoms with Crippen LogP contribution >= 0.6 is 11.6 Å². The molecule has 14 heavy (non-hydrogen) atoms. The maximum absolute atomic E-state index is 12.1. The molecule has 0 heterocycles. The predicted molar refractivity (Wildman–Crippen MR) is 49.1 cm³/mol. The van der Waals surface area contributed by atoms with E-state index in [9.17, 15) is 17.2 Å². The topological polar surface area (TPSA) is 60.2 Å². The third-order valence-corrected chi connectivity index (χ3v) is 3.36. The van der Waals surface area contributed by atoms with Gasteiger partial charge in [-0.05, 0) is 18.2 Å². The number of hydrogen-bond donors (Lipinski definition) is 1. The molecule has 1 rings (SSSR count). The zero-order chi connectivity index (χ0) is 10.9. The van der Waals surface area contributed by atoms with Crippen molar-refractivity contribution in [3.63, 3.8) is 0 Å². The molecule has 0 saturated carbocycles. The Morgan fingerprint density at radius 1 is 1.36 bits per heavy atom. The molecular weight excluding hydrogens is 236 g/mol. The number of benzene rings is 1. The Bertz CT molecular complexity index is 447. The average molecular weight is 242 g/mol. The van der Waals surface area contributed by atoms with E-state index in [-0.39, 0.29) is 10.7 Å². The summed E-state index contributed by atoms with van der Waals surface area (Å²) in [6.07, 6.45) is 0. The van der Waals surface area contributed by atoms with Gasteiger partial charge in [-0.25, -0.2) is 8.42 Å². The maximum atomic E-state index is 12.1. The van der Waals surface area contributed by atoms with E-state index in [0.29, 0.717) is 0 Å². The van der Waals surface area contributed by atoms with E-state index in [4.69, 9.17) is 17.3 Å². The van der Waals surface area contributed by atoms with Gasteiger partial charge in [-0.2, -0.15) is 8.78 Å². The van der Waals surface area contributed by atoms with Crippen molar-refractivity contribution >= 4 is 27.1 Å². The summed E-state index contributed by atoms with van der Waals surface area (Å²) in [5.41, 5.74) is 5.49. The van der Waals surface area contributed by atoms with Crippen molar-refractivity contribution in [1.29, 1.82) is 0 Å². The number of sulfone groups is 1. The monoisotopic (exact) mass is 241 g/mol. The second kappa shape index (κ2) is 3.70. The zero-order valence-electron chi connectivity index (χ0n) is 6.75. The molecule has 2 N–H and O–H groups in total. The number of hydrogen-bond acceptors (Lipinski definition) is 3. The van der Waals surface area contributed by atoms with Crippen molar-refractivity contribution in [2.45, 2.75) is 10.7 Å². The fourth-order valence-corrected chi connectivity index (χ4v) is 2.14. The molecule has 0 atom stereocenters. The Kier molecular flexibility index (Phi) is 2.96. The van der Waals surface area contributed by atoms with Gasteiger partial charge in [0.15, 0.2) is 0 Å². The van der Waals surface area contributed by atoms with Crippen molar-refractivity contribution < 1.29 is 17.2 Å². The number of rotatable bonds is 2. The predicted octanol–water partition coefficient (Wildman–Crippen LogP) is 1.92. The van der Waals surface area contributed by atoms with Gasteiger partial charge < -0.3 is 5.73 Å². The van der Waals surface area contributed by atoms with Gasteiger partial charge in [-0.3, -0.25) is 0 Å². The molecule has 0 saturated heterocycles. The quantitative estimate of drug-likeness (QED) is 0.805. The van der Waals surface area contributed by atoms with Crippen molar-refractivity contribution in [1.82, 2.24) is 0 Å². The first kappa shape index (κ1) is 11.2. The van der Waals surface area contributed by atoms with Crippen LogP contribution in [0.1, 0.15) is 0 Å². The van der Waals surface area contributed by atoms with E-state index < -0.39 is 20.5 Å². The summed E-state index contributed by atoms with van der Waals surface area (Å²) in [5, 5.41) is -0.301. The third-order valence-electron chi connectivity index (χ3n) is 1.50. The molecule has 1 aromatic carbocycles. The summed E-state index contributed by atoms with van der Waals surface area (Å²) in [6, 6.07) is 3.26. The fraction of sp³-hybridized carbons (Fsp3) is 0.143. The van der Waals surface area contributed by atoms with Gasteiger partial charge >= 0.3 is 5.76 Å². The number of anilines is 1. The second-order valence-electron chi connectivity index (χ2n) is 2.50. The van der Waals surface area contributed by atoms with Crippen LogP contribution in [-0.2, 0) is 9.84 Å². The standard InChI is InChI=1S/C7H6ClF2NO2S/c8-5-3-4(11)1-2-6(5)14(12,13)7(9)10/h1-3,7H,11H2. The molecule has 78 valence electrons. The second-order valence-corrected chi connectivity index (χ2v) is 4.79. The van der Waals surface area contributed by atoms with Crippen LogP contribution in [0.5, 0.6) is 0 Å². The van der Waals surface area contributed by atoms with Crippen LogP contribution in [0, 0.1) is 0 Å². The third kappa shape index (κ3) is 1.96. The minimum Gasteiger partial charge on any atom is -0.399 e. The number of nitrogen functional groups attached to an aromatic ring is 1. The summed E-state index contributed by atoms with van der Waals surface area (Å²) in [7, 11) is -4.65. The molecule has 3 nitrogen and oxygen atoms in total. The molecule has 0 bridgehead atoms. The highest BCUT2D eigenvalue weighted by molar-refractivity contribution is 7.91. The molecule has 0 unspecified atom stereocenters. The summed E-state index contributed by atoms with van der Waals surface area (Å²) < 4.78 is 46.2. The lowest BCUT2D eigenvalue weighted by molar-refractivity contribution is 0.235. The minimum absolute atomic E-state index is 0.211. The molecule has 0 spiro atoms. The highest BCUT2D eigenvalue weighted by Crippen LogP contribution is 2.27. The van der Waals surface area contributed by atoms with E-state index in [0.717, 1.165) is 12.1 Å². The Morgan fingerprint density at radius 3 is 2.36 bits per heavy atom. The van der Waals surface area contributed by atoms with Crippen LogP contribution in [0.2, 0.25) is 5.02 Å². The Labute approximate surface area is 84.4 Å². The summed E-state index contributed by atoms with van der Waals surface area (Å²) in [6.45, 7) is 0. The summed E-state index contributed by atoms with van der Waals surface area (Å²) in [5.74, 6) is -3.48. The van der Waals surface area contributed by atoms with Gasteiger partial charge in [0.05, 0.1) is 9.92 Å². The van der Waals surface area contributed by atoms with E-state index in [1.165, 1.54) is 6.07 Å². The van der Waals surface area contributed by atoms with Gasteiger partial charge in [0, 0.05) is 5.69 Å². The molecule has 0 radical (unpaired) electrons. The maximum Gasteiger partial charge on any atom is 0.341 e. The van der Waals surface area contributed by atoms with Crippen molar-refractivity contribution in [2.75, 3.05) is 5.73 Å². The van der Waals surface area contributed by atoms with Crippen LogP contribution in [0.3, 0.4) is 0 Å². The first-order chi connectivity index (χ1) is 6.35. The lowest BCUT2D eigenvalue weighted by Crippen LogP contribution is -2.11. The fourth-order valence-electron chi connectivity index (χ4n) is 0.844. The largest absolute Gasteiger partial charge is 0.399 e. The molecule has 0 amide bonds. The van der Waals surface area contributed by atoms with E-state index in [1.54, 1.807) is 0 Å². The molecule has 1 aromatic rings. The normalized spacial score (nSPS) is 12.0. The highest BCUT2D eigenvalue weighted by Gasteiger charge is 2.28. The SMILES string of the molecule is Nc1ccc(S(=O)(=O)C(F)F)c(Cl)c1. The van der Waals surface area contributed by atoms with Gasteiger partial charge in [0.1, 0.15) is 0 Å². The number of halogens is 3. The highest BCUT2D eigenvalue weighted by atomic mass is 35.5. The first-order valence-corrected chi connectivity index (χ1v) is 5.35. The number of alkyl halides is 2. The molecule has 0 aromatic heterocycles. The van der Waals surface area contributed by atoms with Gasteiger partial charge in [-0.1, -0.05) is 11.6 Å². The lowest BCUT2D eigenvalue weighted by Gasteiger charge is -2.05. The van der Waals surface area contributed by atoms with Crippen LogP contribution in [-0.4, -0.2) is 14.2 Å². The van der Waals surface area contributed by atoms with E-state index in [2.05, 4.69) is 0 Å². The van der Waals surface area contributed by atoms with Crippen molar-refractivity contribution in [3.8, 4) is 0 Å². The van der Waals surface area contributed by atoms with E-state index >= 15 is 0 Å². The zero-order valence-corrected chi connectivity index (χ0v) is 8.32.